The summed E-state index contributed by atoms with van der Waals surface area (Å²) in [6, 6.07) is 5.72. The van der Waals surface area contributed by atoms with Crippen LogP contribution in [-0.2, 0) is 23.9 Å². The Morgan fingerprint density at radius 1 is 1.22 bits per heavy atom. The van der Waals surface area contributed by atoms with Crippen LogP contribution in [0.25, 0.3) is 0 Å². The van der Waals surface area contributed by atoms with E-state index in [1.165, 1.54) is 6.07 Å². The predicted molar refractivity (Wildman–Crippen MR) is 91.3 cm³/mol. The van der Waals surface area contributed by atoms with E-state index in [0.717, 1.165) is 17.3 Å². The molecular weight excluding hydrogens is 359 g/mol. The van der Waals surface area contributed by atoms with E-state index in [-0.39, 0.29) is 11.8 Å². The van der Waals surface area contributed by atoms with Gasteiger partial charge >= 0.3 is 6.18 Å². The lowest BCUT2D eigenvalue weighted by Crippen LogP contribution is -2.39. The molecule has 8 heteroatoms. The SMILES string of the molecule is O=C(c1n[nH]c2c1COCC2)N1CCC(c2ccccc2C(F)(F)F)CC1. The second-order valence-corrected chi connectivity index (χ2v) is 6.98. The lowest BCUT2D eigenvalue weighted by molar-refractivity contribution is -0.138. The van der Waals surface area contributed by atoms with Gasteiger partial charge in [0.1, 0.15) is 0 Å². The Morgan fingerprint density at radius 2 is 1.96 bits per heavy atom. The number of benzene rings is 1. The highest BCUT2D eigenvalue weighted by Gasteiger charge is 2.36. The van der Waals surface area contributed by atoms with E-state index in [9.17, 15) is 18.0 Å². The molecular formula is C19H20F3N3O2. The molecule has 0 radical (unpaired) electrons. The van der Waals surface area contributed by atoms with Crippen LogP contribution in [0.1, 0.15) is 51.6 Å². The fraction of sp³-hybridized carbons (Fsp3) is 0.474. The number of nitrogens with zero attached hydrogens (tertiary/aromatic N) is 2. The van der Waals surface area contributed by atoms with Crippen LogP contribution in [0.2, 0.25) is 0 Å². The number of fused-ring (bicyclic) bond motifs is 1. The summed E-state index contributed by atoms with van der Waals surface area (Å²) in [5.41, 5.74) is 1.85. The van der Waals surface area contributed by atoms with Gasteiger partial charge < -0.3 is 9.64 Å². The highest BCUT2D eigenvalue weighted by molar-refractivity contribution is 5.94. The second kappa shape index (κ2) is 6.99. The van der Waals surface area contributed by atoms with Crippen LogP contribution in [0.5, 0.6) is 0 Å². The maximum absolute atomic E-state index is 13.3. The van der Waals surface area contributed by atoms with Gasteiger partial charge in [-0.1, -0.05) is 18.2 Å². The Hall–Kier alpha value is -2.35. The van der Waals surface area contributed by atoms with E-state index >= 15 is 0 Å². The van der Waals surface area contributed by atoms with Gasteiger partial charge in [0.15, 0.2) is 5.69 Å². The van der Waals surface area contributed by atoms with Crippen LogP contribution in [0.4, 0.5) is 13.2 Å². The summed E-state index contributed by atoms with van der Waals surface area (Å²) < 4.78 is 45.2. The van der Waals surface area contributed by atoms with E-state index < -0.39 is 11.7 Å². The van der Waals surface area contributed by atoms with Crippen LogP contribution in [-0.4, -0.2) is 40.7 Å². The van der Waals surface area contributed by atoms with Crippen molar-refractivity contribution >= 4 is 5.91 Å². The Balaban J connectivity index is 1.47. The third-order valence-corrected chi connectivity index (χ3v) is 5.39. The third-order valence-electron chi connectivity index (χ3n) is 5.39. The number of ether oxygens (including phenoxy) is 1. The number of H-pyrrole nitrogens is 1. The van der Waals surface area contributed by atoms with Crippen LogP contribution in [0.15, 0.2) is 24.3 Å². The molecule has 2 aliphatic rings. The number of nitrogens with one attached hydrogen (secondary N) is 1. The molecule has 0 aliphatic carbocycles. The Bertz CT molecular complexity index is 839. The van der Waals surface area contributed by atoms with Crippen LogP contribution >= 0.6 is 0 Å². The molecule has 1 aromatic carbocycles. The van der Waals surface area contributed by atoms with Crippen molar-refractivity contribution in [1.29, 1.82) is 0 Å². The zero-order valence-electron chi connectivity index (χ0n) is 14.7. The molecule has 2 aliphatic heterocycles. The molecule has 0 unspecified atom stereocenters. The van der Waals surface area contributed by atoms with Gasteiger partial charge in [0.05, 0.1) is 18.8 Å². The van der Waals surface area contributed by atoms with Gasteiger partial charge in [-0.2, -0.15) is 18.3 Å². The number of piperidine rings is 1. The number of rotatable bonds is 2. The van der Waals surface area contributed by atoms with Gasteiger partial charge in [0.25, 0.3) is 5.91 Å². The molecule has 0 atom stereocenters. The number of carbonyl (C=O) groups excluding carboxylic acids is 1. The molecule has 1 N–H and O–H groups in total. The summed E-state index contributed by atoms with van der Waals surface area (Å²) >= 11 is 0. The van der Waals surface area contributed by atoms with Crippen molar-refractivity contribution in [2.75, 3.05) is 19.7 Å². The van der Waals surface area contributed by atoms with Gasteiger partial charge in [0.2, 0.25) is 0 Å². The van der Waals surface area contributed by atoms with E-state index in [1.807, 2.05) is 0 Å². The number of aromatic nitrogens is 2. The predicted octanol–water partition coefficient (Wildman–Crippen LogP) is 3.52. The molecule has 3 heterocycles. The molecule has 0 saturated carbocycles. The van der Waals surface area contributed by atoms with Crippen molar-refractivity contribution < 1.29 is 22.7 Å². The van der Waals surface area contributed by atoms with Crippen LogP contribution in [0, 0.1) is 0 Å². The fourth-order valence-corrected chi connectivity index (χ4v) is 3.94. The van der Waals surface area contributed by atoms with Gasteiger partial charge in [-0.15, -0.1) is 0 Å². The van der Waals surface area contributed by atoms with E-state index in [1.54, 1.807) is 17.0 Å². The van der Waals surface area contributed by atoms with Crippen molar-refractivity contribution in [3.05, 3.63) is 52.3 Å². The summed E-state index contributed by atoms with van der Waals surface area (Å²) in [4.78, 5) is 14.5. The quantitative estimate of drug-likeness (QED) is 0.869. The first-order valence-corrected chi connectivity index (χ1v) is 9.04. The van der Waals surface area contributed by atoms with E-state index in [2.05, 4.69) is 10.2 Å². The van der Waals surface area contributed by atoms with Crippen molar-refractivity contribution in [3.8, 4) is 0 Å². The number of amides is 1. The molecule has 1 fully saturated rings. The van der Waals surface area contributed by atoms with Gasteiger partial charge in [0, 0.05) is 30.8 Å². The molecule has 4 rings (SSSR count). The highest BCUT2D eigenvalue weighted by Crippen LogP contribution is 2.38. The molecule has 1 amide bonds. The first-order chi connectivity index (χ1) is 12.9. The van der Waals surface area contributed by atoms with Crippen LogP contribution < -0.4 is 0 Å². The van der Waals surface area contributed by atoms with Crippen molar-refractivity contribution in [2.45, 2.75) is 38.0 Å². The Morgan fingerprint density at radius 3 is 2.70 bits per heavy atom. The normalized spacial score (nSPS) is 18.4. The largest absolute Gasteiger partial charge is 0.416 e. The minimum atomic E-state index is -4.36. The molecule has 27 heavy (non-hydrogen) atoms. The summed E-state index contributed by atoms with van der Waals surface area (Å²) in [6.45, 7) is 1.80. The Kier molecular flexibility index (Phi) is 4.67. The average Bonchev–Trinajstić information content (AvgIpc) is 3.11. The van der Waals surface area contributed by atoms with Gasteiger partial charge in [-0.25, -0.2) is 0 Å². The maximum atomic E-state index is 13.3. The topological polar surface area (TPSA) is 58.2 Å². The Labute approximate surface area is 154 Å². The zero-order chi connectivity index (χ0) is 19.0. The minimum Gasteiger partial charge on any atom is -0.376 e. The zero-order valence-corrected chi connectivity index (χ0v) is 14.7. The standard InChI is InChI=1S/C19H20F3N3O2/c20-19(21,22)15-4-2-1-3-13(15)12-5-8-25(9-6-12)18(26)17-14-11-27-10-7-16(14)23-24-17/h1-4,12H,5-11H2,(H,23,24). The summed E-state index contributed by atoms with van der Waals surface area (Å²) in [5.74, 6) is -0.385. The molecule has 2 aromatic rings. The number of carbonyl (C=O) groups is 1. The number of likely N-dealkylation sites (tertiary alicyclic amines) is 1. The molecule has 1 saturated heterocycles. The highest BCUT2D eigenvalue weighted by atomic mass is 19.4. The maximum Gasteiger partial charge on any atom is 0.416 e. The van der Waals surface area contributed by atoms with E-state index in [4.69, 9.17) is 4.74 Å². The second-order valence-electron chi connectivity index (χ2n) is 6.98. The molecule has 0 bridgehead atoms. The average molecular weight is 379 g/mol. The lowest BCUT2D eigenvalue weighted by Gasteiger charge is -2.33. The molecule has 5 nitrogen and oxygen atoms in total. The summed E-state index contributed by atoms with van der Waals surface area (Å²) in [6.07, 6.45) is -2.66. The summed E-state index contributed by atoms with van der Waals surface area (Å²) in [7, 11) is 0. The number of hydrogen-bond donors (Lipinski definition) is 1. The van der Waals surface area contributed by atoms with Crippen LogP contribution in [0.3, 0.4) is 0 Å². The number of hydrogen-bond acceptors (Lipinski definition) is 3. The van der Waals surface area contributed by atoms with E-state index in [0.29, 0.717) is 56.8 Å². The third kappa shape index (κ3) is 3.45. The first kappa shape index (κ1) is 18.0. The van der Waals surface area contributed by atoms with Gasteiger partial charge in [-0.05, 0) is 30.4 Å². The molecule has 1 aromatic heterocycles. The van der Waals surface area contributed by atoms with Crippen molar-refractivity contribution in [2.24, 2.45) is 0 Å². The fourth-order valence-electron chi connectivity index (χ4n) is 3.94. The number of alkyl halides is 3. The number of aromatic amines is 1. The van der Waals surface area contributed by atoms with Gasteiger partial charge in [-0.3, -0.25) is 9.89 Å². The molecule has 0 spiro atoms. The smallest absolute Gasteiger partial charge is 0.376 e. The van der Waals surface area contributed by atoms with Crippen molar-refractivity contribution in [3.63, 3.8) is 0 Å². The number of halogens is 3. The first-order valence-electron chi connectivity index (χ1n) is 9.04. The molecule has 144 valence electrons. The monoisotopic (exact) mass is 379 g/mol. The minimum absolute atomic E-state index is 0.180. The summed E-state index contributed by atoms with van der Waals surface area (Å²) in [5, 5.41) is 7.05. The lowest BCUT2D eigenvalue weighted by atomic mass is 9.86. The van der Waals surface area contributed by atoms with Crippen molar-refractivity contribution in [1.82, 2.24) is 15.1 Å².